The highest BCUT2D eigenvalue weighted by molar-refractivity contribution is 5.36. The predicted molar refractivity (Wildman–Crippen MR) is 86.1 cm³/mol. The Morgan fingerprint density at radius 3 is 2.40 bits per heavy atom. The summed E-state index contributed by atoms with van der Waals surface area (Å²) in [7, 11) is 0. The lowest BCUT2D eigenvalue weighted by Crippen LogP contribution is -2.32. The second kappa shape index (κ2) is 6.76. The zero-order chi connectivity index (χ0) is 13.8. The average Bonchev–Trinajstić information content (AvgIpc) is 2.88. The molecule has 0 spiro atoms. The number of hydrogen-bond acceptors (Lipinski definition) is 1. The Labute approximate surface area is 124 Å². The van der Waals surface area contributed by atoms with Crippen molar-refractivity contribution in [1.29, 1.82) is 0 Å². The van der Waals surface area contributed by atoms with Crippen molar-refractivity contribution in [2.75, 3.05) is 0 Å². The van der Waals surface area contributed by atoms with Crippen LogP contribution in [0.2, 0.25) is 0 Å². The molecule has 20 heavy (non-hydrogen) atoms. The van der Waals surface area contributed by atoms with Gasteiger partial charge >= 0.3 is 0 Å². The molecule has 0 aliphatic heterocycles. The molecule has 2 aliphatic rings. The lowest BCUT2D eigenvalue weighted by molar-refractivity contribution is 0.362. The van der Waals surface area contributed by atoms with Crippen LogP contribution in [0.5, 0.6) is 0 Å². The van der Waals surface area contributed by atoms with Gasteiger partial charge in [-0.25, -0.2) is 0 Å². The molecule has 3 rings (SSSR count). The first-order valence-corrected chi connectivity index (χ1v) is 8.71. The van der Waals surface area contributed by atoms with E-state index in [1.54, 1.807) is 11.1 Å². The zero-order valence-electron chi connectivity index (χ0n) is 13.0. The summed E-state index contributed by atoms with van der Waals surface area (Å²) in [4.78, 5) is 0. The summed E-state index contributed by atoms with van der Waals surface area (Å²) in [5, 5.41) is 3.89. The van der Waals surface area contributed by atoms with E-state index in [-0.39, 0.29) is 0 Å². The Bertz CT molecular complexity index is 429. The molecule has 1 N–H and O–H groups in total. The van der Waals surface area contributed by atoms with Gasteiger partial charge in [0.05, 0.1) is 0 Å². The summed E-state index contributed by atoms with van der Waals surface area (Å²) in [5.41, 5.74) is 4.69. The van der Waals surface area contributed by atoms with Crippen molar-refractivity contribution in [2.24, 2.45) is 0 Å². The first-order valence-electron chi connectivity index (χ1n) is 8.71. The summed E-state index contributed by atoms with van der Waals surface area (Å²) in [6, 6.07) is 8.42. The molecule has 1 saturated carbocycles. The summed E-state index contributed by atoms with van der Waals surface area (Å²) in [6.45, 7) is 2.34. The lowest BCUT2D eigenvalue weighted by Gasteiger charge is -2.25. The standard InChI is InChI=1S/C19H29N/c1-15(20-19-10-5-3-2-4-6-11-19)17-13-12-16-8-7-9-18(16)14-17/h12-15,19-20H,2-11H2,1H3. The summed E-state index contributed by atoms with van der Waals surface area (Å²) in [5.74, 6) is 0. The van der Waals surface area contributed by atoms with Crippen molar-refractivity contribution in [1.82, 2.24) is 5.32 Å². The van der Waals surface area contributed by atoms with Gasteiger partial charge in [-0.2, -0.15) is 0 Å². The fraction of sp³-hybridized carbons (Fsp3) is 0.684. The smallest absolute Gasteiger partial charge is 0.0294 e. The van der Waals surface area contributed by atoms with Gasteiger partial charge in [0.1, 0.15) is 0 Å². The SMILES string of the molecule is CC(NC1CCCCCCC1)c1ccc2c(c1)CCC2. The van der Waals surface area contributed by atoms with E-state index >= 15 is 0 Å². The molecule has 2 aliphatic carbocycles. The second-order valence-corrected chi connectivity index (χ2v) is 6.81. The van der Waals surface area contributed by atoms with Gasteiger partial charge < -0.3 is 5.32 Å². The third-order valence-corrected chi connectivity index (χ3v) is 5.21. The molecule has 1 aromatic rings. The van der Waals surface area contributed by atoms with E-state index in [0.717, 1.165) is 6.04 Å². The van der Waals surface area contributed by atoms with E-state index in [9.17, 15) is 0 Å². The van der Waals surface area contributed by atoms with Crippen LogP contribution in [-0.4, -0.2) is 6.04 Å². The Morgan fingerprint density at radius 2 is 1.60 bits per heavy atom. The van der Waals surface area contributed by atoms with Crippen molar-refractivity contribution in [3.8, 4) is 0 Å². The maximum Gasteiger partial charge on any atom is 0.0294 e. The Balaban J connectivity index is 1.61. The molecule has 0 aromatic heterocycles. The van der Waals surface area contributed by atoms with Crippen LogP contribution >= 0.6 is 0 Å². The molecular weight excluding hydrogens is 242 g/mol. The van der Waals surface area contributed by atoms with Crippen LogP contribution in [0.25, 0.3) is 0 Å². The average molecular weight is 271 g/mol. The molecule has 0 heterocycles. The first kappa shape index (κ1) is 14.1. The van der Waals surface area contributed by atoms with Crippen molar-refractivity contribution >= 4 is 0 Å². The van der Waals surface area contributed by atoms with Crippen LogP contribution in [0, 0.1) is 0 Å². The Kier molecular flexibility index (Phi) is 4.77. The van der Waals surface area contributed by atoms with Crippen molar-refractivity contribution in [3.63, 3.8) is 0 Å². The number of rotatable bonds is 3. The minimum atomic E-state index is 0.505. The molecular formula is C19H29N. The van der Waals surface area contributed by atoms with Crippen LogP contribution in [0.15, 0.2) is 18.2 Å². The van der Waals surface area contributed by atoms with E-state index in [4.69, 9.17) is 0 Å². The van der Waals surface area contributed by atoms with Gasteiger partial charge in [0.25, 0.3) is 0 Å². The number of nitrogens with one attached hydrogen (secondary N) is 1. The minimum absolute atomic E-state index is 0.505. The van der Waals surface area contributed by atoms with Crippen molar-refractivity contribution < 1.29 is 0 Å². The summed E-state index contributed by atoms with van der Waals surface area (Å²) >= 11 is 0. The normalized spacial score (nSPS) is 22.1. The van der Waals surface area contributed by atoms with Gasteiger partial charge in [-0.15, -0.1) is 0 Å². The fourth-order valence-corrected chi connectivity index (χ4v) is 3.93. The maximum atomic E-state index is 3.89. The number of benzene rings is 1. The van der Waals surface area contributed by atoms with Gasteiger partial charge in [-0.05, 0) is 55.7 Å². The van der Waals surface area contributed by atoms with Crippen LogP contribution in [-0.2, 0) is 12.8 Å². The van der Waals surface area contributed by atoms with Gasteiger partial charge in [-0.3, -0.25) is 0 Å². The van der Waals surface area contributed by atoms with Crippen LogP contribution < -0.4 is 5.32 Å². The van der Waals surface area contributed by atoms with E-state index in [0.29, 0.717) is 6.04 Å². The molecule has 1 nitrogen and oxygen atoms in total. The monoisotopic (exact) mass is 271 g/mol. The Hall–Kier alpha value is -0.820. The maximum absolute atomic E-state index is 3.89. The molecule has 0 amide bonds. The highest BCUT2D eigenvalue weighted by Gasteiger charge is 2.17. The number of aryl methyl sites for hydroxylation is 2. The van der Waals surface area contributed by atoms with Crippen molar-refractivity contribution in [2.45, 2.75) is 83.2 Å². The van der Waals surface area contributed by atoms with Gasteiger partial charge in [0.2, 0.25) is 0 Å². The fourth-order valence-electron chi connectivity index (χ4n) is 3.93. The molecule has 1 unspecified atom stereocenters. The van der Waals surface area contributed by atoms with E-state index in [2.05, 4.69) is 30.4 Å². The zero-order valence-corrected chi connectivity index (χ0v) is 13.0. The highest BCUT2D eigenvalue weighted by Crippen LogP contribution is 2.26. The topological polar surface area (TPSA) is 12.0 Å². The number of fused-ring (bicyclic) bond motifs is 1. The molecule has 0 bridgehead atoms. The molecule has 1 heteroatoms. The van der Waals surface area contributed by atoms with Crippen molar-refractivity contribution in [3.05, 3.63) is 34.9 Å². The van der Waals surface area contributed by atoms with Gasteiger partial charge in [-0.1, -0.05) is 50.3 Å². The molecule has 1 atom stereocenters. The molecule has 1 fully saturated rings. The van der Waals surface area contributed by atoms with Crippen LogP contribution in [0.3, 0.4) is 0 Å². The molecule has 0 radical (unpaired) electrons. The lowest BCUT2D eigenvalue weighted by atomic mass is 9.95. The van der Waals surface area contributed by atoms with E-state index < -0.39 is 0 Å². The third kappa shape index (κ3) is 3.44. The van der Waals surface area contributed by atoms with E-state index in [1.807, 2.05) is 0 Å². The second-order valence-electron chi connectivity index (χ2n) is 6.81. The minimum Gasteiger partial charge on any atom is -0.307 e. The molecule has 1 aromatic carbocycles. The predicted octanol–water partition coefficient (Wildman–Crippen LogP) is 4.94. The largest absolute Gasteiger partial charge is 0.307 e. The van der Waals surface area contributed by atoms with Crippen LogP contribution in [0.4, 0.5) is 0 Å². The molecule has 110 valence electrons. The number of hydrogen-bond donors (Lipinski definition) is 1. The van der Waals surface area contributed by atoms with Crippen LogP contribution in [0.1, 0.15) is 81.0 Å². The van der Waals surface area contributed by atoms with Gasteiger partial charge in [0.15, 0.2) is 0 Å². The highest BCUT2D eigenvalue weighted by atomic mass is 14.9. The molecule has 0 saturated heterocycles. The third-order valence-electron chi connectivity index (χ3n) is 5.21. The summed E-state index contributed by atoms with van der Waals surface area (Å²) in [6.07, 6.45) is 13.8. The quantitative estimate of drug-likeness (QED) is 0.821. The Morgan fingerprint density at radius 1 is 0.900 bits per heavy atom. The van der Waals surface area contributed by atoms with Gasteiger partial charge in [0, 0.05) is 12.1 Å². The van der Waals surface area contributed by atoms with E-state index in [1.165, 1.54) is 69.8 Å². The first-order chi connectivity index (χ1) is 9.83. The summed E-state index contributed by atoms with van der Waals surface area (Å²) < 4.78 is 0.